The summed E-state index contributed by atoms with van der Waals surface area (Å²) in [6, 6.07) is 5.50. The number of hydrogen-bond acceptors (Lipinski definition) is 5. The highest BCUT2D eigenvalue weighted by atomic mass is 79.9. The average Bonchev–Trinajstić information content (AvgIpc) is 3.07. The summed E-state index contributed by atoms with van der Waals surface area (Å²) in [5, 5.41) is 1.77. The van der Waals surface area contributed by atoms with Gasteiger partial charge in [0.25, 0.3) is 17.7 Å². The van der Waals surface area contributed by atoms with Crippen LogP contribution in [0, 0.1) is 0 Å². The van der Waals surface area contributed by atoms with Crippen molar-refractivity contribution in [3.63, 3.8) is 0 Å². The van der Waals surface area contributed by atoms with Gasteiger partial charge in [-0.2, -0.15) is 0 Å². The third-order valence-corrected chi connectivity index (χ3v) is 7.35. The Balaban J connectivity index is 1.80. The van der Waals surface area contributed by atoms with Crippen molar-refractivity contribution in [1.29, 1.82) is 0 Å². The summed E-state index contributed by atoms with van der Waals surface area (Å²) < 4.78 is 5.98. The molecule has 0 spiro atoms. The van der Waals surface area contributed by atoms with Crippen LogP contribution in [0.25, 0.3) is 0 Å². The molecule has 0 saturated carbocycles. The van der Waals surface area contributed by atoms with Crippen LogP contribution in [-0.2, 0) is 14.3 Å². The molecule has 0 bridgehead atoms. The lowest BCUT2D eigenvalue weighted by Gasteiger charge is -2.24. The van der Waals surface area contributed by atoms with Crippen LogP contribution in [-0.4, -0.2) is 41.2 Å². The second kappa shape index (κ2) is 11.3. The van der Waals surface area contributed by atoms with Crippen LogP contribution >= 0.6 is 62.3 Å². The molecule has 0 unspecified atom stereocenters. The summed E-state index contributed by atoms with van der Waals surface area (Å²) in [5.74, 6) is -3.19. The summed E-state index contributed by atoms with van der Waals surface area (Å²) in [7, 11) is 0. The molecule has 34 heavy (non-hydrogen) atoms. The Hall–Kier alpha value is -1.84. The van der Waals surface area contributed by atoms with Crippen LogP contribution in [0.4, 0.5) is 5.69 Å². The number of hydrogen-bond donors (Lipinski definition) is 1. The van der Waals surface area contributed by atoms with Gasteiger partial charge in [-0.25, -0.2) is 4.79 Å². The van der Waals surface area contributed by atoms with Crippen molar-refractivity contribution in [3.05, 3.63) is 60.0 Å². The van der Waals surface area contributed by atoms with Crippen LogP contribution in [0.3, 0.4) is 0 Å². The molecule has 0 fully saturated rings. The number of halogens is 5. The lowest BCUT2D eigenvalue weighted by atomic mass is 10.1. The molecular formula is C22H17BrCl4N2O5. The van der Waals surface area contributed by atoms with E-state index in [-0.39, 0.29) is 37.6 Å². The minimum absolute atomic E-state index is 0.117. The van der Waals surface area contributed by atoms with Crippen LogP contribution < -0.4 is 5.32 Å². The largest absolute Gasteiger partial charge is 0.454 e. The molecule has 1 aliphatic heterocycles. The van der Waals surface area contributed by atoms with E-state index in [2.05, 4.69) is 21.2 Å². The molecule has 180 valence electrons. The molecule has 3 amide bonds. The maximum Gasteiger partial charge on any atom is 0.329 e. The molecule has 7 nitrogen and oxygen atoms in total. The summed E-state index contributed by atoms with van der Waals surface area (Å²) in [6.45, 7) is 1.27. The zero-order chi connectivity index (χ0) is 25.2. The number of carbonyl (C=O) groups excluding carboxylic acids is 4. The van der Waals surface area contributed by atoms with Crippen LogP contribution in [0.1, 0.15) is 46.9 Å². The fourth-order valence-corrected chi connectivity index (χ4v) is 4.64. The number of benzene rings is 2. The van der Waals surface area contributed by atoms with Gasteiger partial charge in [0.05, 0.1) is 31.2 Å². The number of ether oxygens (including phenoxy) is 1. The van der Waals surface area contributed by atoms with Gasteiger partial charge in [0.1, 0.15) is 6.04 Å². The van der Waals surface area contributed by atoms with E-state index in [1.807, 2.05) is 6.92 Å². The van der Waals surface area contributed by atoms with Crippen molar-refractivity contribution in [2.24, 2.45) is 0 Å². The van der Waals surface area contributed by atoms with E-state index in [0.717, 1.165) is 9.37 Å². The van der Waals surface area contributed by atoms with Crippen LogP contribution in [0.15, 0.2) is 28.7 Å². The molecular weight excluding hydrogens is 594 g/mol. The Morgan fingerprint density at radius 2 is 1.50 bits per heavy atom. The highest BCUT2D eigenvalue weighted by molar-refractivity contribution is 9.10. The van der Waals surface area contributed by atoms with Gasteiger partial charge in [-0.1, -0.05) is 82.1 Å². The first-order valence-corrected chi connectivity index (χ1v) is 12.3. The number of imide groups is 1. The number of carbonyl (C=O) groups is 4. The Kier molecular flexibility index (Phi) is 8.87. The van der Waals surface area contributed by atoms with Gasteiger partial charge >= 0.3 is 5.97 Å². The molecule has 0 radical (unpaired) electrons. The predicted molar refractivity (Wildman–Crippen MR) is 134 cm³/mol. The monoisotopic (exact) mass is 608 g/mol. The number of fused-ring (bicyclic) bond motifs is 1. The maximum absolute atomic E-state index is 13.1. The molecule has 1 N–H and O–H groups in total. The van der Waals surface area contributed by atoms with Gasteiger partial charge in [-0.15, -0.1) is 0 Å². The molecule has 12 heteroatoms. The van der Waals surface area contributed by atoms with E-state index < -0.39 is 36.3 Å². The van der Waals surface area contributed by atoms with Crippen molar-refractivity contribution in [2.75, 3.05) is 11.9 Å². The fourth-order valence-electron chi connectivity index (χ4n) is 3.36. The van der Waals surface area contributed by atoms with E-state index in [1.165, 1.54) is 0 Å². The topological polar surface area (TPSA) is 92.8 Å². The number of esters is 1. The summed E-state index contributed by atoms with van der Waals surface area (Å²) in [6.07, 6.45) is 1.29. The van der Waals surface area contributed by atoms with E-state index in [1.54, 1.807) is 24.3 Å². The molecule has 3 rings (SSSR count). The van der Waals surface area contributed by atoms with Gasteiger partial charge in [-0.05, 0) is 30.7 Å². The van der Waals surface area contributed by atoms with Gasteiger partial charge in [0.15, 0.2) is 6.61 Å². The molecule has 1 heterocycles. The van der Waals surface area contributed by atoms with Gasteiger partial charge in [-0.3, -0.25) is 19.3 Å². The molecule has 2 aromatic carbocycles. The third-order valence-electron chi connectivity index (χ3n) is 5.02. The third kappa shape index (κ3) is 5.36. The second-order valence-corrected chi connectivity index (χ2v) is 9.73. The zero-order valence-electron chi connectivity index (χ0n) is 17.6. The van der Waals surface area contributed by atoms with Crippen LogP contribution in [0.5, 0.6) is 0 Å². The summed E-state index contributed by atoms with van der Waals surface area (Å²) in [5.41, 5.74) is 0.0480. The van der Waals surface area contributed by atoms with E-state index in [0.29, 0.717) is 18.5 Å². The van der Waals surface area contributed by atoms with Crippen molar-refractivity contribution in [3.8, 4) is 0 Å². The standard InChI is InChI=1S/C22H17BrCl4N2O5/c1-2-3-4-12(22(33)34-9-13(30)28-11-7-5-10(23)6-8-11)29-20(31)14-15(21(29)32)17(25)19(27)18(26)16(14)24/h5-8,12H,2-4,9H2,1H3,(H,28,30)/t12-/m1/s1. The van der Waals surface area contributed by atoms with Crippen molar-refractivity contribution >= 4 is 91.7 Å². The first-order chi connectivity index (χ1) is 16.1. The molecule has 0 aromatic heterocycles. The minimum atomic E-state index is -1.29. The summed E-state index contributed by atoms with van der Waals surface area (Å²) in [4.78, 5) is 52.1. The maximum atomic E-state index is 13.1. The van der Waals surface area contributed by atoms with Crippen LogP contribution in [0.2, 0.25) is 20.1 Å². The molecule has 0 aliphatic carbocycles. The normalized spacial score (nSPS) is 13.6. The predicted octanol–water partition coefficient (Wildman–Crippen LogP) is 6.40. The van der Waals surface area contributed by atoms with Crippen molar-refractivity contribution in [1.82, 2.24) is 4.90 Å². The zero-order valence-corrected chi connectivity index (χ0v) is 22.2. The molecule has 2 aromatic rings. The first kappa shape index (κ1) is 26.8. The Morgan fingerprint density at radius 3 is 2.00 bits per heavy atom. The SMILES string of the molecule is CCCC[C@H](C(=O)OCC(=O)Nc1ccc(Br)cc1)N1C(=O)c2c(Cl)c(Cl)c(Cl)c(Cl)c2C1=O. The van der Waals surface area contributed by atoms with E-state index >= 15 is 0 Å². The second-order valence-electron chi connectivity index (χ2n) is 7.31. The number of amides is 3. The fraction of sp³-hybridized carbons (Fsp3) is 0.273. The quantitative estimate of drug-likeness (QED) is 0.162. The highest BCUT2D eigenvalue weighted by Crippen LogP contribution is 2.45. The number of unbranched alkanes of at least 4 members (excludes halogenated alkanes) is 1. The number of anilines is 1. The average molecular weight is 611 g/mol. The number of nitrogens with one attached hydrogen (secondary N) is 1. The Morgan fingerprint density at radius 1 is 0.971 bits per heavy atom. The molecule has 1 aliphatic rings. The van der Waals surface area contributed by atoms with Gasteiger partial charge in [0.2, 0.25) is 0 Å². The van der Waals surface area contributed by atoms with Gasteiger partial charge in [0, 0.05) is 10.2 Å². The van der Waals surface area contributed by atoms with Gasteiger partial charge < -0.3 is 10.1 Å². The Labute approximate surface area is 223 Å². The van der Waals surface area contributed by atoms with Crippen molar-refractivity contribution < 1.29 is 23.9 Å². The number of rotatable bonds is 8. The minimum Gasteiger partial charge on any atom is -0.454 e. The number of nitrogens with zero attached hydrogens (tertiary/aromatic N) is 1. The first-order valence-electron chi connectivity index (χ1n) is 10.0. The smallest absolute Gasteiger partial charge is 0.329 e. The molecule has 0 saturated heterocycles. The summed E-state index contributed by atoms with van der Waals surface area (Å²) >= 11 is 27.7. The highest BCUT2D eigenvalue weighted by Gasteiger charge is 2.47. The van der Waals surface area contributed by atoms with Crippen molar-refractivity contribution in [2.45, 2.75) is 32.2 Å². The Bertz CT molecular complexity index is 1130. The van der Waals surface area contributed by atoms with E-state index in [9.17, 15) is 19.2 Å². The van der Waals surface area contributed by atoms with E-state index in [4.69, 9.17) is 51.1 Å². The molecule has 1 atom stereocenters. The lowest BCUT2D eigenvalue weighted by molar-refractivity contribution is -0.151. The lowest BCUT2D eigenvalue weighted by Crippen LogP contribution is -2.46.